The lowest BCUT2D eigenvalue weighted by molar-refractivity contribution is 0.621. The summed E-state index contributed by atoms with van der Waals surface area (Å²) >= 11 is 11.7. The van der Waals surface area contributed by atoms with Gasteiger partial charge in [0.15, 0.2) is 11.5 Å². The molecule has 0 radical (unpaired) electrons. The number of aromatic nitrogens is 4. The molecule has 1 N–H and O–H groups in total. The highest BCUT2D eigenvalue weighted by molar-refractivity contribution is 6.41. The van der Waals surface area contributed by atoms with E-state index in [1.165, 1.54) is 12.1 Å². The van der Waals surface area contributed by atoms with Crippen LogP contribution in [0.5, 0.6) is 0 Å². The SMILES string of the molecule is Fc1ccc(-c2nc3nc(Cl)c(Cl)cc3[nH]2)nc1. The molecule has 0 bridgehead atoms. The fourth-order valence-corrected chi connectivity index (χ4v) is 1.82. The number of hydrogen-bond donors (Lipinski definition) is 1. The molecule has 4 nitrogen and oxygen atoms in total. The lowest BCUT2D eigenvalue weighted by Gasteiger charge is -1.93. The number of H-pyrrole nitrogens is 1. The monoisotopic (exact) mass is 282 g/mol. The molecule has 0 saturated carbocycles. The van der Waals surface area contributed by atoms with Crippen LogP contribution in [0.3, 0.4) is 0 Å². The van der Waals surface area contributed by atoms with Gasteiger partial charge in [-0.25, -0.2) is 19.3 Å². The molecule has 0 aromatic carbocycles. The van der Waals surface area contributed by atoms with Gasteiger partial charge in [-0.05, 0) is 18.2 Å². The Kier molecular flexibility index (Phi) is 2.65. The third-order valence-corrected chi connectivity index (χ3v) is 3.03. The van der Waals surface area contributed by atoms with Crippen molar-refractivity contribution in [2.75, 3.05) is 0 Å². The predicted octanol–water partition coefficient (Wildman–Crippen LogP) is 3.47. The van der Waals surface area contributed by atoms with E-state index in [-0.39, 0.29) is 5.15 Å². The Morgan fingerprint density at radius 1 is 1.17 bits per heavy atom. The minimum Gasteiger partial charge on any atom is -0.335 e. The normalized spacial score (nSPS) is 11.1. The van der Waals surface area contributed by atoms with Gasteiger partial charge >= 0.3 is 0 Å². The van der Waals surface area contributed by atoms with Crippen LogP contribution in [0.2, 0.25) is 10.2 Å². The van der Waals surface area contributed by atoms with E-state index in [2.05, 4.69) is 19.9 Å². The highest BCUT2D eigenvalue weighted by Crippen LogP contribution is 2.25. The number of aromatic amines is 1. The maximum atomic E-state index is 12.8. The first-order valence-corrected chi connectivity index (χ1v) is 5.73. The van der Waals surface area contributed by atoms with E-state index >= 15 is 0 Å². The third kappa shape index (κ3) is 1.91. The smallest absolute Gasteiger partial charge is 0.179 e. The second-order valence-electron chi connectivity index (χ2n) is 3.58. The number of imidazole rings is 1. The summed E-state index contributed by atoms with van der Waals surface area (Å²) in [5.74, 6) is 0.0786. The zero-order valence-corrected chi connectivity index (χ0v) is 10.3. The second-order valence-corrected chi connectivity index (χ2v) is 4.34. The standard InChI is InChI=1S/C11H5Cl2FN4/c12-6-3-8-11(17-9(6)13)18-10(16-8)7-2-1-5(14)4-15-7/h1-4H,(H,16,17,18). The van der Waals surface area contributed by atoms with Crippen LogP contribution >= 0.6 is 23.2 Å². The summed E-state index contributed by atoms with van der Waals surface area (Å²) in [7, 11) is 0. The van der Waals surface area contributed by atoms with Crippen molar-refractivity contribution in [3.63, 3.8) is 0 Å². The molecule has 0 saturated heterocycles. The average molecular weight is 283 g/mol. The molecular weight excluding hydrogens is 278 g/mol. The van der Waals surface area contributed by atoms with Crippen LogP contribution in [-0.4, -0.2) is 19.9 Å². The van der Waals surface area contributed by atoms with Gasteiger partial charge in [0, 0.05) is 0 Å². The van der Waals surface area contributed by atoms with Crippen molar-refractivity contribution in [3.05, 3.63) is 40.4 Å². The van der Waals surface area contributed by atoms with Crippen molar-refractivity contribution >= 4 is 34.4 Å². The number of fused-ring (bicyclic) bond motifs is 1. The third-order valence-electron chi connectivity index (χ3n) is 2.35. The number of hydrogen-bond acceptors (Lipinski definition) is 3. The molecule has 3 aromatic heterocycles. The van der Waals surface area contributed by atoms with Crippen LogP contribution in [0.15, 0.2) is 24.4 Å². The molecule has 0 fully saturated rings. The molecule has 3 rings (SSSR count). The maximum absolute atomic E-state index is 12.8. The summed E-state index contributed by atoms with van der Waals surface area (Å²) in [6.45, 7) is 0. The van der Waals surface area contributed by atoms with E-state index < -0.39 is 5.82 Å². The molecule has 3 heterocycles. The molecule has 0 unspecified atom stereocenters. The van der Waals surface area contributed by atoms with E-state index in [4.69, 9.17) is 23.2 Å². The minimum absolute atomic E-state index is 0.189. The van der Waals surface area contributed by atoms with Gasteiger partial charge in [-0.15, -0.1) is 0 Å². The minimum atomic E-state index is -0.404. The Morgan fingerprint density at radius 3 is 2.72 bits per heavy atom. The van der Waals surface area contributed by atoms with Gasteiger partial charge in [-0.3, -0.25) is 0 Å². The number of halogens is 3. The Labute approximate surface area is 111 Å². The van der Waals surface area contributed by atoms with E-state index in [0.717, 1.165) is 6.20 Å². The van der Waals surface area contributed by atoms with Crippen molar-refractivity contribution in [2.24, 2.45) is 0 Å². The van der Waals surface area contributed by atoms with Gasteiger partial charge in [0.1, 0.15) is 16.7 Å². The topological polar surface area (TPSA) is 54.5 Å². The van der Waals surface area contributed by atoms with E-state index in [0.29, 0.717) is 27.7 Å². The van der Waals surface area contributed by atoms with E-state index in [1.54, 1.807) is 6.07 Å². The van der Waals surface area contributed by atoms with Crippen LogP contribution in [0.4, 0.5) is 4.39 Å². The fraction of sp³-hybridized carbons (Fsp3) is 0. The largest absolute Gasteiger partial charge is 0.335 e. The highest BCUT2D eigenvalue weighted by Gasteiger charge is 2.10. The maximum Gasteiger partial charge on any atom is 0.179 e. The van der Waals surface area contributed by atoms with Crippen LogP contribution in [0.1, 0.15) is 0 Å². The highest BCUT2D eigenvalue weighted by atomic mass is 35.5. The summed E-state index contributed by atoms with van der Waals surface area (Å²) in [6.07, 6.45) is 1.12. The zero-order valence-electron chi connectivity index (χ0n) is 8.78. The number of pyridine rings is 2. The van der Waals surface area contributed by atoms with Crippen molar-refractivity contribution in [2.45, 2.75) is 0 Å². The van der Waals surface area contributed by atoms with Gasteiger partial charge in [-0.2, -0.15) is 0 Å². The number of rotatable bonds is 1. The van der Waals surface area contributed by atoms with Gasteiger partial charge in [-0.1, -0.05) is 23.2 Å². The Morgan fingerprint density at radius 2 is 2.00 bits per heavy atom. The molecule has 7 heteroatoms. The summed E-state index contributed by atoms with van der Waals surface area (Å²) in [4.78, 5) is 15.2. The predicted molar refractivity (Wildman–Crippen MR) is 67.1 cm³/mol. The molecular formula is C11H5Cl2FN4. The lowest BCUT2D eigenvalue weighted by Crippen LogP contribution is -1.86. The van der Waals surface area contributed by atoms with Crippen molar-refractivity contribution in [3.8, 4) is 11.5 Å². The lowest BCUT2D eigenvalue weighted by atomic mass is 10.3. The number of nitrogens with one attached hydrogen (secondary N) is 1. The first-order chi connectivity index (χ1) is 8.63. The molecule has 0 aliphatic rings. The Bertz CT molecular complexity index is 685. The molecule has 90 valence electrons. The van der Waals surface area contributed by atoms with Gasteiger partial charge < -0.3 is 4.98 Å². The Balaban J connectivity index is 2.16. The first-order valence-electron chi connectivity index (χ1n) is 4.97. The van der Waals surface area contributed by atoms with E-state index in [1.807, 2.05) is 0 Å². The van der Waals surface area contributed by atoms with Gasteiger partial charge in [0.05, 0.1) is 16.7 Å². The second kappa shape index (κ2) is 4.19. The first kappa shape index (κ1) is 11.4. The summed E-state index contributed by atoms with van der Waals surface area (Å²) in [6, 6.07) is 4.46. The molecule has 0 spiro atoms. The van der Waals surface area contributed by atoms with Crippen LogP contribution in [0, 0.1) is 5.82 Å². The quantitative estimate of drug-likeness (QED) is 0.696. The number of nitrogens with zero attached hydrogens (tertiary/aromatic N) is 3. The summed E-state index contributed by atoms with van der Waals surface area (Å²) < 4.78 is 12.8. The van der Waals surface area contributed by atoms with Crippen molar-refractivity contribution in [1.82, 2.24) is 19.9 Å². The molecule has 3 aromatic rings. The fourth-order valence-electron chi connectivity index (χ4n) is 1.53. The molecule has 18 heavy (non-hydrogen) atoms. The molecule has 0 atom stereocenters. The van der Waals surface area contributed by atoms with Crippen LogP contribution in [-0.2, 0) is 0 Å². The van der Waals surface area contributed by atoms with Crippen molar-refractivity contribution < 1.29 is 4.39 Å². The van der Waals surface area contributed by atoms with Crippen LogP contribution < -0.4 is 0 Å². The molecule has 0 aliphatic carbocycles. The van der Waals surface area contributed by atoms with Crippen LogP contribution in [0.25, 0.3) is 22.7 Å². The zero-order chi connectivity index (χ0) is 12.7. The van der Waals surface area contributed by atoms with Gasteiger partial charge in [0.2, 0.25) is 0 Å². The molecule has 0 aliphatic heterocycles. The molecule has 0 amide bonds. The Hall–Kier alpha value is -1.72. The average Bonchev–Trinajstić information content (AvgIpc) is 2.73. The van der Waals surface area contributed by atoms with E-state index in [9.17, 15) is 4.39 Å². The van der Waals surface area contributed by atoms with Crippen molar-refractivity contribution in [1.29, 1.82) is 0 Å². The summed E-state index contributed by atoms with van der Waals surface area (Å²) in [5, 5.41) is 0.528. The van der Waals surface area contributed by atoms with Gasteiger partial charge in [0.25, 0.3) is 0 Å². The summed E-state index contributed by atoms with van der Waals surface area (Å²) in [5.41, 5.74) is 1.60.